The molecule has 0 aromatic heterocycles. The maximum Gasteiger partial charge on any atom is 0.326 e. The molecule has 0 saturated heterocycles. The Labute approximate surface area is 117 Å². The lowest BCUT2D eigenvalue weighted by molar-refractivity contribution is -0.139. The first kappa shape index (κ1) is 16.0. The highest BCUT2D eigenvalue weighted by molar-refractivity contribution is 5.82. The fourth-order valence-electron chi connectivity index (χ4n) is 1.83. The summed E-state index contributed by atoms with van der Waals surface area (Å²) in [6, 6.07) is 7.93. The highest BCUT2D eigenvalue weighted by atomic mass is 16.4. The van der Waals surface area contributed by atoms with Gasteiger partial charge in [-0.2, -0.15) is 0 Å². The Hall–Kier alpha value is -2.08. The van der Waals surface area contributed by atoms with Gasteiger partial charge in [-0.05, 0) is 18.9 Å². The number of benzene rings is 1. The quantitative estimate of drug-likeness (QED) is 0.592. The smallest absolute Gasteiger partial charge is 0.326 e. The molecule has 0 fully saturated rings. The first-order chi connectivity index (χ1) is 9.52. The van der Waals surface area contributed by atoms with E-state index < -0.39 is 18.0 Å². The van der Waals surface area contributed by atoms with Crippen molar-refractivity contribution >= 4 is 12.0 Å². The average Bonchev–Trinajstić information content (AvgIpc) is 2.38. The minimum Gasteiger partial charge on any atom is -0.480 e. The molecule has 20 heavy (non-hydrogen) atoms. The van der Waals surface area contributed by atoms with Crippen molar-refractivity contribution < 1.29 is 19.8 Å². The number of amides is 2. The van der Waals surface area contributed by atoms with E-state index in [1.165, 1.54) is 0 Å². The Kier molecular flexibility index (Phi) is 6.52. The van der Waals surface area contributed by atoms with E-state index >= 15 is 0 Å². The molecule has 4 N–H and O–H groups in total. The number of aliphatic hydroxyl groups is 1. The SMILES string of the molecule is CC(Cc1ccccc1)NC(=O)NC(CCO)C(=O)O. The maximum absolute atomic E-state index is 11.7. The average molecular weight is 280 g/mol. The molecule has 0 spiro atoms. The van der Waals surface area contributed by atoms with Crippen LogP contribution < -0.4 is 10.6 Å². The third kappa shape index (κ3) is 5.71. The van der Waals surface area contributed by atoms with Crippen LogP contribution >= 0.6 is 0 Å². The van der Waals surface area contributed by atoms with Gasteiger partial charge in [0, 0.05) is 19.1 Å². The molecule has 0 aliphatic rings. The predicted molar refractivity (Wildman–Crippen MR) is 74.4 cm³/mol. The van der Waals surface area contributed by atoms with Crippen molar-refractivity contribution in [1.82, 2.24) is 10.6 Å². The van der Waals surface area contributed by atoms with Crippen LogP contribution in [0.25, 0.3) is 0 Å². The van der Waals surface area contributed by atoms with Crippen LogP contribution in [-0.4, -0.2) is 40.9 Å². The largest absolute Gasteiger partial charge is 0.480 e. The lowest BCUT2D eigenvalue weighted by Gasteiger charge is -2.18. The summed E-state index contributed by atoms with van der Waals surface area (Å²) in [5.74, 6) is -1.16. The summed E-state index contributed by atoms with van der Waals surface area (Å²) in [5.41, 5.74) is 1.09. The van der Waals surface area contributed by atoms with Crippen LogP contribution in [0.1, 0.15) is 18.9 Å². The van der Waals surface area contributed by atoms with Gasteiger partial charge in [-0.25, -0.2) is 9.59 Å². The minimum atomic E-state index is -1.16. The van der Waals surface area contributed by atoms with Gasteiger partial charge in [-0.15, -0.1) is 0 Å². The fourth-order valence-corrected chi connectivity index (χ4v) is 1.83. The molecule has 110 valence electrons. The first-order valence-electron chi connectivity index (χ1n) is 6.47. The molecule has 1 aromatic rings. The lowest BCUT2D eigenvalue weighted by atomic mass is 10.1. The number of hydrogen-bond acceptors (Lipinski definition) is 3. The second-order valence-electron chi connectivity index (χ2n) is 4.61. The van der Waals surface area contributed by atoms with Crippen LogP contribution in [0.5, 0.6) is 0 Å². The van der Waals surface area contributed by atoms with E-state index in [4.69, 9.17) is 10.2 Å². The fraction of sp³-hybridized carbons (Fsp3) is 0.429. The second kappa shape index (κ2) is 8.16. The summed E-state index contributed by atoms with van der Waals surface area (Å²) in [6.45, 7) is 1.55. The summed E-state index contributed by atoms with van der Waals surface area (Å²) in [7, 11) is 0. The van der Waals surface area contributed by atoms with Crippen LogP contribution in [-0.2, 0) is 11.2 Å². The second-order valence-corrected chi connectivity index (χ2v) is 4.61. The molecule has 0 radical (unpaired) electrons. The van der Waals surface area contributed by atoms with Gasteiger partial charge in [0.05, 0.1) is 0 Å². The van der Waals surface area contributed by atoms with Crippen molar-refractivity contribution in [1.29, 1.82) is 0 Å². The normalized spacial score (nSPS) is 13.3. The number of carbonyl (C=O) groups is 2. The number of urea groups is 1. The Morgan fingerprint density at radius 2 is 1.85 bits per heavy atom. The number of aliphatic hydroxyl groups excluding tert-OH is 1. The third-order valence-corrected chi connectivity index (χ3v) is 2.78. The van der Waals surface area contributed by atoms with E-state index in [1.807, 2.05) is 37.3 Å². The summed E-state index contributed by atoms with van der Waals surface area (Å²) in [6.07, 6.45) is 0.641. The van der Waals surface area contributed by atoms with Gasteiger partial charge >= 0.3 is 12.0 Å². The van der Waals surface area contributed by atoms with Crippen LogP contribution in [0.3, 0.4) is 0 Å². The molecule has 2 atom stereocenters. The molecule has 0 bridgehead atoms. The number of carbonyl (C=O) groups excluding carboxylic acids is 1. The van der Waals surface area contributed by atoms with Gasteiger partial charge in [-0.3, -0.25) is 0 Å². The van der Waals surface area contributed by atoms with Crippen LogP contribution in [0.15, 0.2) is 30.3 Å². The first-order valence-corrected chi connectivity index (χ1v) is 6.47. The van der Waals surface area contributed by atoms with Crippen LogP contribution in [0, 0.1) is 0 Å². The van der Waals surface area contributed by atoms with Crippen molar-refractivity contribution in [2.75, 3.05) is 6.61 Å². The minimum absolute atomic E-state index is 0.0180. The summed E-state index contributed by atoms with van der Waals surface area (Å²) in [5, 5.41) is 22.6. The van der Waals surface area contributed by atoms with Gasteiger partial charge in [0.2, 0.25) is 0 Å². The van der Waals surface area contributed by atoms with Crippen molar-refractivity contribution in [2.24, 2.45) is 0 Å². The Morgan fingerprint density at radius 3 is 2.40 bits per heavy atom. The molecular weight excluding hydrogens is 260 g/mol. The van der Waals surface area contributed by atoms with Gasteiger partial charge in [0.1, 0.15) is 6.04 Å². The highest BCUT2D eigenvalue weighted by Crippen LogP contribution is 2.02. The van der Waals surface area contributed by atoms with E-state index in [-0.39, 0.29) is 19.1 Å². The number of rotatable bonds is 7. The van der Waals surface area contributed by atoms with Crippen molar-refractivity contribution in [3.8, 4) is 0 Å². The Balaban J connectivity index is 2.43. The molecule has 2 unspecified atom stereocenters. The van der Waals surface area contributed by atoms with Gasteiger partial charge in [0.15, 0.2) is 0 Å². The van der Waals surface area contributed by atoms with Crippen molar-refractivity contribution in [2.45, 2.75) is 31.8 Å². The summed E-state index contributed by atoms with van der Waals surface area (Å²) in [4.78, 5) is 22.5. The zero-order chi connectivity index (χ0) is 15.0. The number of hydrogen-bond donors (Lipinski definition) is 4. The van der Waals surface area contributed by atoms with E-state index in [1.54, 1.807) is 0 Å². The molecule has 0 saturated carbocycles. The van der Waals surface area contributed by atoms with Crippen molar-refractivity contribution in [3.05, 3.63) is 35.9 Å². The number of aliphatic carboxylic acids is 1. The number of carboxylic acids is 1. The number of carboxylic acid groups (broad SMARTS) is 1. The maximum atomic E-state index is 11.7. The molecular formula is C14H20N2O4. The van der Waals surface area contributed by atoms with Crippen LogP contribution in [0.2, 0.25) is 0 Å². The summed E-state index contributed by atoms with van der Waals surface area (Å²) < 4.78 is 0. The molecule has 0 heterocycles. The molecule has 1 aromatic carbocycles. The molecule has 6 heteroatoms. The predicted octanol–water partition coefficient (Wildman–Crippen LogP) is 0.752. The van der Waals surface area contributed by atoms with Crippen LogP contribution in [0.4, 0.5) is 4.79 Å². The van der Waals surface area contributed by atoms with Gasteiger partial charge in [-0.1, -0.05) is 30.3 Å². The topological polar surface area (TPSA) is 98.7 Å². The van der Waals surface area contributed by atoms with Gasteiger partial charge < -0.3 is 20.8 Å². The van der Waals surface area contributed by atoms with E-state index in [2.05, 4.69) is 10.6 Å². The molecule has 2 amide bonds. The van der Waals surface area contributed by atoms with E-state index in [0.29, 0.717) is 6.42 Å². The standard InChI is InChI=1S/C14H20N2O4/c1-10(9-11-5-3-2-4-6-11)15-14(20)16-12(7-8-17)13(18)19/h2-6,10,12,17H,7-9H2,1H3,(H,18,19)(H2,15,16,20). The Morgan fingerprint density at radius 1 is 1.20 bits per heavy atom. The number of nitrogens with one attached hydrogen (secondary N) is 2. The molecule has 0 aliphatic heterocycles. The molecule has 1 rings (SSSR count). The van der Waals surface area contributed by atoms with E-state index in [0.717, 1.165) is 5.56 Å². The monoisotopic (exact) mass is 280 g/mol. The zero-order valence-electron chi connectivity index (χ0n) is 11.4. The zero-order valence-corrected chi connectivity index (χ0v) is 11.4. The van der Waals surface area contributed by atoms with Gasteiger partial charge in [0.25, 0.3) is 0 Å². The highest BCUT2D eigenvalue weighted by Gasteiger charge is 2.19. The summed E-state index contributed by atoms with van der Waals surface area (Å²) >= 11 is 0. The lowest BCUT2D eigenvalue weighted by Crippen LogP contribution is -2.49. The molecule has 6 nitrogen and oxygen atoms in total. The Bertz CT molecular complexity index is 436. The third-order valence-electron chi connectivity index (χ3n) is 2.78. The van der Waals surface area contributed by atoms with Crippen molar-refractivity contribution in [3.63, 3.8) is 0 Å². The molecule has 0 aliphatic carbocycles. The van der Waals surface area contributed by atoms with E-state index in [9.17, 15) is 9.59 Å².